The number of hydrogen-bond acceptors (Lipinski definition) is 9. The average molecular weight is 696 g/mol. The van der Waals surface area contributed by atoms with Crippen LogP contribution >= 0.6 is 0 Å². The number of hydrogen-bond donors (Lipinski definition) is 4. The number of sulfonamides is 1. The molecule has 0 aromatic heterocycles. The second-order valence-electron chi connectivity index (χ2n) is 11.7. The minimum absolute atomic E-state index is 0.0289. The number of nitrogens with zero attached hydrogens (tertiary/aromatic N) is 1. The summed E-state index contributed by atoms with van der Waals surface area (Å²) in [7, 11) is -1.01. The van der Waals surface area contributed by atoms with Crippen molar-refractivity contribution in [3.05, 3.63) is 77.4 Å². The third-order valence-corrected chi connectivity index (χ3v) is 8.78. The highest BCUT2D eigenvalue weighted by atomic mass is 32.2. The van der Waals surface area contributed by atoms with Crippen molar-refractivity contribution in [2.75, 3.05) is 33.9 Å². The number of carbonyl (C=O) groups is 4. The van der Waals surface area contributed by atoms with Gasteiger partial charge in [0.25, 0.3) is 11.8 Å². The highest BCUT2D eigenvalue weighted by Crippen LogP contribution is 2.37. The number of benzene rings is 3. The van der Waals surface area contributed by atoms with E-state index in [1.54, 1.807) is 50.2 Å². The number of ether oxygens (including phenoxy) is 3. The SMILES string of the molecule is COc1ccc2cc1Oc1cccc(OC)c1CNC(=O)[C@@H](C(C)C)NC(=O)CN(C(=O)c1ccc(S(N)(=O)=O)cc1)CCCCNC2=O. The molecule has 0 saturated heterocycles. The predicted octanol–water partition coefficient (Wildman–Crippen LogP) is 2.57. The Hall–Kier alpha value is -5.15. The molecule has 5 N–H and O–H groups in total. The van der Waals surface area contributed by atoms with E-state index in [1.807, 2.05) is 0 Å². The fourth-order valence-corrected chi connectivity index (χ4v) is 5.70. The highest BCUT2D eigenvalue weighted by Gasteiger charge is 2.27. The minimum Gasteiger partial charge on any atom is -0.496 e. The summed E-state index contributed by atoms with van der Waals surface area (Å²) in [6, 6.07) is 14.0. The van der Waals surface area contributed by atoms with E-state index >= 15 is 0 Å². The summed E-state index contributed by atoms with van der Waals surface area (Å²) in [6.45, 7) is 3.56. The van der Waals surface area contributed by atoms with Crippen molar-refractivity contribution in [1.82, 2.24) is 20.9 Å². The lowest BCUT2D eigenvalue weighted by Crippen LogP contribution is -2.52. The van der Waals surface area contributed by atoms with E-state index in [4.69, 9.17) is 19.3 Å². The van der Waals surface area contributed by atoms with Crippen LogP contribution in [-0.2, 0) is 26.2 Å². The van der Waals surface area contributed by atoms with Crippen LogP contribution in [-0.4, -0.2) is 76.8 Å². The molecule has 1 heterocycles. The zero-order chi connectivity index (χ0) is 35.7. The fraction of sp³-hybridized carbons (Fsp3) is 0.353. The molecule has 1 aliphatic heterocycles. The van der Waals surface area contributed by atoms with Gasteiger partial charge in [-0.15, -0.1) is 0 Å². The average Bonchev–Trinajstić information content (AvgIpc) is 3.07. The Bertz CT molecular complexity index is 1800. The smallest absolute Gasteiger partial charge is 0.254 e. The standard InChI is InChI=1S/C34H41N5O9S/c1-21(2)31-33(42)37-19-25-26(46-3)8-7-9-27(25)48-29-18-23(12-15-28(29)47-4)32(41)36-16-5-6-17-39(20-30(40)38-31)34(43)22-10-13-24(14-11-22)49(35,44)45/h7-15,18,21,31H,5-6,16-17,19-20H2,1-4H3,(H,36,41)(H,37,42)(H,38,40)(H2,35,44,45)/t31-/m1/s1. The molecule has 0 radical (unpaired) electrons. The Morgan fingerprint density at radius 1 is 0.939 bits per heavy atom. The Morgan fingerprint density at radius 3 is 2.31 bits per heavy atom. The third-order valence-electron chi connectivity index (χ3n) is 7.85. The number of nitrogens with two attached hydrogens (primary N) is 1. The lowest BCUT2D eigenvalue weighted by molar-refractivity contribution is -0.130. The van der Waals surface area contributed by atoms with E-state index in [2.05, 4.69) is 16.0 Å². The van der Waals surface area contributed by atoms with Crippen molar-refractivity contribution in [2.45, 2.75) is 44.2 Å². The van der Waals surface area contributed by atoms with Crippen LogP contribution < -0.4 is 35.3 Å². The first-order valence-corrected chi connectivity index (χ1v) is 17.2. The molecule has 1 aliphatic rings. The van der Waals surface area contributed by atoms with Gasteiger partial charge in [-0.3, -0.25) is 19.2 Å². The van der Waals surface area contributed by atoms with Crippen LogP contribution in [0.25, 0.3) is 0 Å². The zero-order valence-corrected chi connectivity index (χ0v) is 28.6. The second-order valence-corrected chi connectivity index (χ2v) is 13.2. The number of primary sulfonamides is 1. The molecule has 15 heteroatoms. The molecule has 0 saturated carbocycles. The Morgan fingerprint density at radius 2 is 1.65 bits per heavy atom. The summed E-state index contributed by atoms with van der Waals surface area (Å²) in [4.78, 5) is 54.6. The Labute approximate surface area is 285 Å². The summed E-state index contributed by atoms with van der Waals surface area (Å²) in [5.41, 5.74) is 0.967. The molecule has 0 unspecified atom stereocenters. The highest BCUT2D eigenvalue weighted by molar-refractivity contribution is 7.89. The lowest BCUT2D eigenvalue weighted by atomic mass is 10.0. The van der Waals surface area contributed by atoms with Crippen LogP contribution in [0.3, 0.4) is 0 Å². The first-order valence-electron chi connectivity index (χ1n) is 15.6. The fourth-order valence-electron chi connectivity index (χ4n) is 5.19. The largest absolute Gasteiger partial charge is 0.496 e. The van der Waals surface area contributed by atoms with Gasteiger partial charge in [-0.2, -0.15) is 0 Å². The van der Waals surface area contributed by atoms with E-state index in [9.17, 15) is 27.6 Å². The van der Waals surface area contributed by atoms with Gasteiger partial charge < -0.3 is 35.1 Å². The van der Waals surface area contributed by atoms with Gasteiger partial charge >= 0.3 is 0 Å². The van der Waals surface area contributed by atoms with Gasteiger partial charge in [0, 0.05) is 24.2 Å². The first kappa shape index (κ1) is 36.7. The molecule has 0 spiro atoms. The van der Waals surface area contributed by atoms with Crippen LogP contribution in [0.1, 0.15) is 53.0 Å². The molecule has 0 aliphatic carbocycles. The van der Waals surface area contributed by atoms with Crippen LogP contribution in [0.4, 0.5) is 0 Å². The zero-order valence-electron chi connectivity index (χ0n) is 27.8. The van der Waals surface area contributed by atoms with E-state index in [-0.39, 0.29) is 54.2 Å². The monoisotopic (exact) mass is 695 g/mol. The predicted molar refractivity (Wildman–Crippen MR) is 180 cm³/mol. The molecule has 4 amide bonds. The summed E-state index contributed by atoms with van der Waals surface area (Å²) in [6.07, 6.45) is 0.878. The van der Waals surface area contributed by atoms with Gasteiger partial charge in [0.05, 0.1) is 37.8 Å². The number of amides is 4. The molecular weight excluding hydrogens is 654 g/mol. The number of methoxy groups -OCH3 is 2. The van der Waals surface area contributed by atoms with E-state index < -0.39 is 33.8 Å². The number of nitrogens with one attached hydrogen (secondary N) is 3. The van der Waals surface area contributed by atoms with Crippen molar-refractivity contribution in [3.63, 3.8) is 0 Å². The van der Waals surface area contributed by atoms with Gasteiger partial charge in [-0.05, 0) is 73.4 Å². The summed E-state index contributed by atoms with van der Waals surface area (Å²) < 4.78 is 40.7. The van der Waals surface area contributed by atoms with Gasteiger partial charge in [0.15, 0.2) is 11.5 Å². The van der Waals surface area contributed by atoms with Crippen LogP contribution in [0.5, 0.6) is 23.0 Å². The summed E-state index contributed by atoms with van der Waals surface area (Å²) in [5.74, 6) is -0.817. The maximum atomic E-state index is 13.5. The molecule has 1 atom stereocenters. The molecule has 3 aromatic carbocycles. The molecule has 49 heavy (non-hydrogen) atoms. The van der Waals surface area contributed by atoms with Crippen molar-refractivity contribution in [1.29, 1.82) is 0 Å². The van der Waals surface area contributed by atoms with Gasteiger partial charge in [-0.1, -0.05) is 19.9 Å². The quantitative estimate of drug-likeness (QED) is 0.310. The third kappa shape index (κ3) is 9.48. The second kappa shape index (κ2) is 16.3. The summed E-state index contributed by atoms with van der Waals surface area (Å²) in [5, 5.41) is 13.7. The topological polar surface area (TPSA) is 195 Å². The van der Waals surface area contributed by atoms with Crippen molar-refractivity contribution >= 4 is 33.7 Å². The van der Waals surface area contributed by atoms with Gasteiger partial charge in [-0.25, -0.2) is 13.6 Å². The summed E-state index contributed by atoms with van der Waals surface area (Å²) >= 11 is 0. The molecular formula is C34H41N5O9S. The van der Waals surface area contributed by atoms with E-state index in [1.165, 1.54) is 43.4 Å². The Balaban J connectivity index is 1.66. The minimum atomic E-state index is -3.97. The van der Waals surface area contributed by atoms with Crippen LogP contribution in [0.2, 0.25) is 0 Å². The molecule has 2 bridgehead atoms. The van der Waals surface area contributed by atoms with Gasteiger partial charge in [0.2, 0.25) is 21.8 Å². The molecule has 4 rings (SSSR count). The Kier molecular flexibility index (Phi) is 12.2. The molecule has 3 aromatic rings. The van der Waals surface area contributed by atoms with Crippen LogP contribution in [0.15, 0.2) is 65.6 Å². The van der Waals surface area contributed by atoms with Crippen LogP contribution in [0, 0.1) is 5.92 Å². The maximum absolute atomic E-state index is 13.5. The van der Waals surface area contributed by atoms with E-state index in [0.29, 0.717) is 41.2 Å². The lowest BCUT2D eigenvalue weighted by Gasteiger charge is -2.26. The number of fused-ring (bicyclic) bond motifs is 3. The maximum Gasteiger partial charge on any atom is 0.254 e. The molecule has 14 nitrogen and oxygen atoms in total. The van der Waals surface area contributed by atoms with Crippen molar-refractivity contribution in [3.8, 4) is 23.0 Å². The first-order chi connectivity index (χ1) is 23.3. The van der Waals surface area contributed by atoms with E-state index in [0.717, 1.165) is 0 Å². The normalized spacial score (nSPS) is 16.7. The molecule has 262 valence electrons. The number of carbonyl (C=O) groups excluding carboxylic acids is 4. The van der Waals surface area contributed by atoms with Crippen molar-refractivity contribution in [2.24, 2.45) is 11.1 Å². The number of rotatable bonds is 5. The van der Waals surface area contributed by atoms with Crippen molar-refractivity contribution < 1.29 is 41.8 Å². The molecule has 0 fully saturated rings. The van der Waals surface area contributed by atoms with Gasteiger partial charge in [0.1, 0.15) is 17.5 Å².